The van der Waals surface area contributed by atoms with E-state index in [1.54, 1.807) is 0 Å². The minimum absolute atomic E-state index is 0.259. The molecule has 0 amide bonds. The Morgan fingerprint density at radius 3 is 2.56 bits per heavy atom. The van der Waals surface area contributed by atoms with E-state index in [0.29, 0.717) is 6.54 Å². The normalized spacial score (nSPS) is 11.8. The first-order chi connectivity index (χ1) is 8.79. The first-order valence-corrected chi connectivity index (χ1v) is 6.03. The predicted molar refractivity (Wildman–Crippen MR) is 72.8 cm³/mol. The van der Waals surface area contributed by atoms with E-state index in [9.17, 15) is 5.26 Å². The van der Waals surface area contributed by atoms with E-state index in [2.05, 4.69) is 23.5 Å². The zero-order valence-corrected chi connectivity index (χ0v) is 10.4. The molecule has 90 valence electrons. The summed E-state index contributed by atoms with van der Waals surface area (Å²) in [6, 6.07) is 20.2. The Labute approximate surface area is 108 Å². The number of rotatable bonds is 4. The van der Waals surface area contributed by atoms with Crippen LogP contribution in [0.15, 0.2) is 54.6 Å². The van der Waals surface area contributed by atoms with Crippen LogP contribution in [0.5, 0.6) is 0 Å². The van der Waals surface area contributed by atoms with E-state index in [4.69, 9.17) is 0 Å². The summed E-state index contributed by atoms with van der Waals surface area (Å²) in [5, 5.41) is 12.5. The second kappa shape index (κ2) is 6.00. The lowest BCUT2D eigenvalue weighted by Crippen LogP contribution is -2.19. The molecule has 0 bridgehead atoms. The first kappa shape index (κ1) is 12.3. The molecule has 0 fully saturated rings. The Balaban J connectivity index is 2.05. The number of nitrogens with zero attached hydrogens (tertiary/aromatic N) is 1. The molecule has 1 N–H and O–H groups in total. The van der Waals surface area contributed by atoms with Gasteiger partial charge >= 0.3 is 0 Å². The highest BCUT2D eigenvalue weighted by Crippen LogP contribution is 2.14. The summed E-state index contributed by atoms with van der Waals surface area (Å²) in [6.07, 6.45) is 0. The molecule has 18 heavy (non-hydrogen) atoms. The van der Waals surface area contributed by atoms with Crippen molar-refractivity contribution < 1.29 is 0 Å². The Kier molecular flexibility index (Phi) is 4.11. The van der Waals surface area contributed by atoms with Crippen LogP contribution in [0.4, 0.5) is 0 Å². The molecule has 2 heteroatoms. The molecular formula is C16H16N2. The SMILES string of the molecule is Cc1cccc(C(C#N)NCc2ccccc2)c1. The van der Waals surface area contributed by atoms with Gasteiger partial charge in [0, 0.05) is 6.54 Å². The summed E-state index contributed by atoms with van der Waals surface area (Å²) >= 11 is 0. The molecular weight excluding hydrogens is 220 g/mol. The second-order valence-corrected chi connectivity index (χ2v) is 4.34. The van der Waals surface area contributed by atoms with Crippen molar-refractivity contribution in [2.24, 2.45) is 0 Å². The van der Waals surface area contributed by atoms with Gasteiger partial charge in [-0.1, -0.05) is 60.2 Å². The third-order valence-electron chi connectivity index (χ3n) is 2.86. The van der Waals surface area contributed by atoms with E-state index in [1.807, 2.05) is 49.4 Å². The molecule has 0 radical (unpaired) electrons. The summed E-state index contributed by atoms with van der Waals surface area (Å²) in [6.45, 7) is 2.74. The van der Waals surface area contributed by atoms with Gasteiger partial charge in [-0.2, -0.15) is 5.26 Å². The van der Waals surface area contributed by atoms with Crippen LogP contribution < -0.4 is 5.32 Å². The third-order valence-corrected chi connectivity index (χ3v) is 2.86. The Morgan fingerprint density at radius 2 is 1.89 bits per heavy atom. The minimum atomic E-state index is -0.259. The lowest BCUT2D eigenvalue weighted by Gasteiger charge is -2.12. The van der Waals surface area contributed by atoms with Gasteiger partial charge in [-0.15, -0.1) is 0 Å². The molecule has 1 unspecified atom stereocenters. The third kappa shape index (κ3) is 3.19. The van der Waals surface area contributed by atoms with Crippen molar-refractivity contribution in [3.63, 3.8) is 0 Å². The summed E-state index contributed by atoms with van der Waals surface area (Å²) in [4.78, 5) is 0. The topological polar surface area (TPSA) is 35.8 Å². The first-order valence-electron chi connectivity index (χ1n) is 6.03. The zero-order chi connectivity index (χ0) is 12.8. The monoisotopic (exact) mass is 236 g/mol. The van der Waals surface area contributed by atoms with Gasteiger partial charge in [0.2, 0.25) is 0 Å². The Bertz CT molecular complexity index is 541. The average molecular weight is 236 g/mol. The summed E-state index contributed by atoms with van der Waals surface area (Å²) in [7, 11) is 0. The number of hydrogen-bond donors (Lipinski definition) is 1. The van der Waals surface area contributed by atoms with Crippen LogP contribution >= 0.6 is 0 Å². The molecule has 0 saturated heterocycles. The largest absolute Gasteiger partial charge is 0.294 e. The summed E-state index contributed by atoms with van der Waals surface area (Å²) < 4.78 is 0. The van der Waals surface area contributed by atoms with Gasteiger partial charge in [-0.05, 0) is 18.1 Å². The van der Waals surface area contributed by atoms with Gasteiger partial charge in [0.05, 0.1) is 6.07 Å². The lowest BCUT2D eigenvalue weighted by molar-refractivity contribution is 0.630. The average Bonchev–Trinajstić information content (AvgIpc) is 2.41. The van der Waals surface area contributed by atoms with Crippen molar-refractivity contribution in [1.82, 2.24) is 5.32 Å². The maximum absolute atomic E-state index is 9.24. The van der Waals surface area contributed by atoms with Gasteiger partial charge in [-0.25, -0.2) is 0 Å². The fourth-order valence-electron chi connectivity index (χ4n) is 1.90. The molecule has 0 aliphatic heterocycles. The molecule has 2 aromatic rings. The fraction of sp³-hybridized carbons (Fsp3) is 0.188. The van der Waals surface area contributed by atoms with Crippen LogP contribution in [0.25, 0.3) is 0 Å². The van der Waals surface area contributed by atoms with Crippen molar-refractivity contribution in [2.75, 3.05) is 0 Å². The summed E-state index contributed by atoms with van der Waals surface area (Å²) in [5.41, 5.74) is 3.38. The number of aryl methyl sites for hydroxylation is 1. The van der Waals surface area contributed by atoms with Crippen LogP contribution in [0.2, 0.25) is 0 Å². The molecule has 0 heterocycles. The van der Waals surface area contributed by atoms with E-state index < -0.39 is 0 Å². The van der Waals surface area contributed by atoms with E-state index in [0.717, 1.165) is 5.56 Å². The summed E-state index contributed by atoms with van der Waals surface area (Å²) in [5.74, 6) is 0. The molecule has 2 aromatic carbocycles. The van der Waals surface area contributed by atoms with Gasteiger partial charge in [-0.3, -0.25) is 5.32 Å². The molecule has 2 rings (SSSR count). The van der Waals surface area contributed by atoms with Gasteiger partial charge in [0.15, 0.2) is 0 Å². The quantitative estimate of drug-likeness (QED) is 0.883. The Hall–Kier alpha value is -2.11. The Morgan fingerprint density at radius 1 is 1.11 bits per heavy atom. The van der Waals surface area contributed by atoms with Crippen molar-refractivity contribution in [3.05, 3.63) is 71.3 Å². The highest BCUT2D eigenvalue weighted by Gasteiger charge is 2.09. The fourth-order valence-corrected chi connectivity index (χ4v) is 1.90. The van der Waals surface area contributed by atoms with Crippen LogP contribution in [0, 0.1) is 18.3 Å². The second-order valence-electron chi connectivity index (χ2n) is 4.34. The van der Waals surface area contributed by atoms with Gasteiger partial charge in [0.25, 0.3) is 0 Å². The molecule has 0 spiro atoms. The number of benzene rings is 2. The molecule has 0 aliphatic rings. The molecule has 0 aliphatic carbocycles. The van der Waals surface area contributed by atoms with E-state index >= 15 is 0 Å². The van der Waals surface area contributed by atoms with Crippen LogP contribution in [0.3, 0.4) is 0 Å². The highest BCUT2D eigenvalue weighted by atomic mass is 14.9. The molecule has 2 nitrogen and oxygen atoms in total. The number of nitriles is 1. The molecule has 0 aromatic heterocycles. The maximum atomic E-state index is 9.24. The van der Waals surface area contributed by atoms with Crippen LogP contribution in [-0.2, 0) is 6.54 Å². The van der Waals surface area contributed by atoms with Gasteiger partial charge < -0.3 is 0 Å². The lowest BCUT2D eigenvalue weighted by atomic mass is 10.1. The molecule has 0 saturated carbocycles. The minimum Gasteiger partial charge on any atom is -0.294 e. The number of nitrogens with one attached hydrogen (secondary N) is 1. The van der Waals surface area contributed by atoms with Crippen molar-refractivity contribution in [1.29, 1.82) is 5.26 Å². The van der Waals surface area contributed by atoms with Crippen molar-refractivity contribution in [2.45, 2.75) is 19.5 Å². The van der Waals surface area contributed by atoms with Crippen molar-refractivity contribution >= 4 is 0 Å². The van der Waals surface area contributed by atoms with Crippen LogP contribution in [0.1, 0.15) is 22.7 Å². The maximum Gasteiger partial charge on any atom is 0.121 e. The van der Waals surface area contributed by atoms with E-state index in [-0.39, 0.29) is 6.04 Å². The predicted octanol–water partition coefficient (Wildman–Crippen LogP) is 3.35. The van der Waals surface area contributed by atoms with Gasteiger partial charge in [0.1, 0.15) is 6.04 Å². The standard InChI is InChI=1S/C16H16N2/c1-13-6-5-9-15(10-13)16(11-17)18-12-14-7-3-2-4-8-14/h2-10,16,18H,12H2,1H3. The van der Waals surface area contributed by atoms with Crippen molar-refractivity contribution in [3.8, 4) is 6.07 Å². The number of hydrogen-bond acceptors (Lipinski definition) is 2. The highest BCUT2D eigenvalue weighted by molar-refractivity contribution is 5.28. The van der Waals surface area contributed by atoms with E-state index in [1.165, 1.54) is 11.1 Å². The van der Waals surface area contributed by atoms with Crippen LogP contribution in [-0.4, -0.2) is 0 Å². The molecule has 1 atom stereocenters. The zero-order valence-electron chi connectivity index (χ0n) is 10.4. The smallest absolute Gasteiger partial charge is 0.121 e.